The second-order valence-electron chi connectivity index (χ2n) is 11.4. The Bertz CT molecular complexity index is 854. The van der Waals surface area contributed by atoms with Crippen LogP contribution < -0.4 is 0 Å². The van der Waals surface area contributed by atoms with Crippen molar-refractivity contribution in [1.82, 2.24) is 0 Å². The molecule has 0 bridgehead atoms. The summed E-state index contributed by atoms with van der Waals surface area (Å²) in [6.07, 6.45) is 5.03. The number of hydrogen-bond acceptors (Lipinski definition) is 7. The number of aromatic hydroxyl groups is 1. The number of phenolic OH excluding ortho intramolecular Hbond substituents is 1. The number of hydrogen-bond donors (Lipinski definition) is 3. The van der Waals surface area contributed by atoms with E-state index in [-0.39, 0.29) is 12.0 Å². The molecule has 0 radical (unpaired) electrons. The molecule has 2 fully saturated rings. The van der Waals surface area contributed by atoms with Gasteiger partial charge < -0.3 is 34.3 Å². The zero-order valence-corrected chi connectivity index (χ0v) is 24.4. The summed E-state index contributed by atoms with van der Waals surface area (Å²) in [6, 6.07) is 5.85. The molecule has 0 heterocycles. The lowest BCUT2D eigenvalue weighted by atomic mass is 9.55. The van der Waals surface area contributed by atoms with Crippen molar-refractivity contribution in [2.24, 2.45) is 22.7 Å². The second-order valence-corrected chi connectivity index (χ2v) is 12.4. The Kier molecular flexibility index (Phi) is 10.9. The van der Waals surface area contributed by atoms with Crippen LogP contribution in [0.3, 0.4) is 0 Å². The van der Waals surface area contributed by atoms with E-state index in [1.165, 1.54) is 11.1 Å². The van der Waals surface area contributed by atoms with Crippen molar-refractivity contribution < 1.29 is 34.3 Å². The summed E-state index contributed by atoms with van der Waals surface area (Å²) in [4.78, 5) is 0. The summed E-state index contributed by atoms with van der Waals surface area (Å²) in [6.45, 7) is 6.76. The predicted molar refractivity (Wildman–Crippen MR) is 150 cm³/mol. The van der Waals surface area contributed by atoms with Gasteiger partial charge in [-0.3, -0.25) is 0 Å². The number of alkyl halides is 1. The van der Waals surface area contributed by atoms with Crippen LogP contribution in [-0.4, -0.2) is 85.3 Å². The van der Waals surface area contributed by atoms with Crippen LogP contribution in [0.15, 0.2) is 18.2 Å². The maximum atomic E-state index is 11.6. The van der Waals surface area contributed by atoms with E-state index in [0.717, 1.165) is 43.1 Å². The molecule has 0 saturated heterocycles. The maximum Gasteiger partial charge on any atom is 0.115 e. The molecule has 1 aromatic rings. The normalized spacial score (nSPS) is 32.6. The van der Waals surface area contributed by atoms with Gasteiger partial charge in [-0.05, 0) is 85.0 Å². The summed E-state index contributed by atoms with van der Waals surface area (Å²) in [5.74, 6) is 1.71. The minimum absolute atomic E-state index is 0.0130. The first-order valence-electron chi connectivity index (χ1n) is 13.9. The van der Waals surface area contributed by atoms with Crippen LogP contribution in [0.2, 0.25) is 0 Å². The molecule has 0 unspecified atom stereocenters. The summed E-state index contributed by atoms with van der Waals surface area (Å²) in [5, 5.41) is 32.1. The highest BCUT2D eigenvalue weighted by Crippen LogP contribution is 2.66. The van der Waals surface area contributed by atoms with Gasteiger partial charge in [0.2, 0.25) is 0 Å². The number of fused-ring (bicyclic) bond motifs is 5. The van der Waals surface area contributed by atoms with Crippen molar-refractivity contribution in [2.75, 3.05) is 63.9 Å². The standard InChI is InChI=1S/C29H45IO7/c1-28-7-6-24-23-5-3-22(32)18-21(23)2-4-25(24)26(28)19-29(20-31,27(28)33)8-10-34-12-14-36-16-17-37-15-13-35-11-9-30/h3,5,18,24-27,31-33H,2,4,6-17,19-20H2,1H3/t24-,25-,26+,27-,28+,29-/m1/s1. The Morgan fingerprint density at radius 2 is 1.59 bits per heavy atom. The lowest BCUT2D eigenvalue weighted by Crippen LogP contribution is -2.46. The van der Waals surface area contributed by atoms with Gasteiger partial charge in [-0.25, -0.2) is 0 Å². The van der Waals surface area contributed by atoms with Crippen LogP contribution in [0.25, 0.3) is 0 Å². The Hall–Kier alpha value is -0.490. The first kappa shape index (κ1) is 29.5. The summed E-state index contributed by atoms with van der Waals surface area (Å²) in [5.41, 5.74) is 1.96. The van der Waals surface area contributed by atoms with E-state index in [2.05, 4.69) is 35.6 Å². The molecule has 0 aromatic heterocycles. The van der Waals surface area contributed by atoms with Gasteiger partial charge in [-0.1, -0.05) is 35.6 Å². The summed E-state index contributed by atoms with van der Waals surface area (Å²) in [7, 11) is 0. The van der Waals surface area contributed by atoms with Crippen LogP contribution >= 0.6 is 22.6 Å². The molecule has 3 N–H and O–H groups in total. The molecule has 3 aliphatic carbocycles. The van der Waals surface area contributed by atoms with E-state index < -0.39 is 11.5 Å². The van der Waals surface area contributed by atoms with Crippen molar-refractivity contribution in [3.8, 4) is 5.75 Å². The molecule has 2 saturated carbocycles. The zero-order chi connectivity index (χ0) is 26.3. The molecule has 0 aliphatic heterocycles. The molecule has 7 nitrogen and oxygen atoms in total. The number of aryl methyl sites for hydroxylation is 1. The monoisotopic (exact) mass is 632 g/mol. The van der Waals surface area contributed by atoms with Crippen LogP contribution in [-0.2, 0) is 25.4 Å². The molecule has 0 spiro atoms. The first-order valence-corrected chi connectivity index (χ1v) is 15.5. The lowest BCUT2D eigenvalue weighted by molar-refractivity contribution is -0.0793. The minimum atomic E-state index is -0.532. The molecule has 4 rings (SSSR count). The first-order chi connectivity index (χ1) is 17.9. The third kappa shape index (κ3) is 6.64. The molecule has 210 valence electrons. The van der Waals surface area contributed by atoms with E-state index in [0.29, 0.717) is 76.2 Å². The van der Waals surface area contributed by atoms with E-state index in [9.17, 15) is 15.3 Å². The highest BCUT2D eigenvalue weighted by Gasteiger charge is 2.63. The molecule has 6 atom stereocenters. The number of benzene rings is 1. The molecule has 3 aliphatic rings. The van der Waals surface area contributed by atoms with Crippen LogP contribution in [0.5, 0.6) is 5.75 Å². The van der Waals surface area contributed by atoms with Crippen molar-refractivity contribution in [1.29, 1.82) is 0 Å². The largest absolute Gasteiger partial charge is 0.508 e. The number of ether oxygens (including phenoxy) is 4. The average Bonchev–Trinajstić information content (AvgIpc) is 3.13. The van der Waals surface area contributed by atoms with Crippen molar-refractivity contribution >= 4 is 22.6 Å². The van der Waals surface area contributed by atoms with Crippen LogP contribution in [0, 0.1) is 22.7 Å². The fraction of sp³-hybridized carbons (Fsp3) is 0.793. The fourth-order valence-corrected chi connectivity index (χ4v) is 7.76. The SMILES string of the molecule is C[C@]12CC[C@@H]3c4ccc(O)cc4CC[C@H]3[C@@H]1C[C@@](CO)(CCOCCOCCOCCOCCI)[C@@H]2O. The third-order valence-electron chi connectivity index (χ3n) is 9.38. The molecular weight excluding hydrogens is 587 g/mol. The van der Waals surface area contributed by atoms with Gasteiger partial charge in [0.1, 0.15) is 5.75 Å². The quantitative estimate of drug-likeness (QED) is 0.152. The number of rotatable bonds is 15. The number of halogens is 1. The van der Waals surface area contributed by atoms with Gasteiger partial charge in [0.15, 0.2) is 0 Å². The number of phenols is 1. The zero-order valence-electron chi connectivity index (χ0n) is 22.2. The molecule has 8 heteroatoms. The van der Waals surface area contributed by atoms with Gasteiger partial charge in [0.25, 0.3) is 0 Å². The number of aliphatic hydroxyl groups is 2. The smallest absolute Gasteiger partial charge is 0.115 e. The van der Waals surface area contributed by atoms with Gasteiger partial charge >= 0.3 is 0 Å². The van der Waals surface area contributed by atoms with Crippen molar-refractivity contribution in [3.05, 3.63) is 29.3 Å². The van der Waals surface area contributed by atoms with Crippen LogP contribution in [0.4, 0.5) is 0 Å². The molecule has 37 heavy (non-hydrogen) atoms. The highest BCUT2D eigenvalue weighted by atomic mass is 127. The van der Waals surface area contributed by atoms with E-state index in [4.69, 9.17) is 18.9 Å². The highest BCUT2D eigenvalue weighted by molar-refractivity contribution is 14.1. The Labute approximate surface area is 235 Å². The molecule has 1 aromatic carbocycles. The van der Waals surface area contributed by atoms with Gasteiger partial charge in [-0.2, -0.15) is 0 Å². The van der Waals surface area contributed by atoms with Crippen molar-refractivity contribution in [2.45, 2.75) is 57.5 Å². The van der Waals surface area contributed by atoms with Crippen molar-refractivity contribution in [3.63, 3.8) is 0 Å². The third-order valence-corrected chi connectivity index (χ3v) is 9.82. The topological polar surface area (TPSA) is 97.6 Å². The summed E-state index contributed by atoms with van der Waals surface area (Å²) < 4.78 is 23.3. The van der Waals surface area contributed by atoms with E-state index in [1.54, 1.807) is 0 Å². The van der Waals surface area contributed by atoms with E-state index in [1.807, 2.05) is 12.1 Å². The predicted octanol–water partition coefficient (Wildman–Crippen LogP) is 4.09. The fourth-order valence-electron chi connectivity index (χ4n) is 7.45. The van der Waals surface area contributed by atoms with Gasteiger partial charge in [0.05, 0.1) is 59.0 Å². The lowest BCUT2D eigenvalue weighted by Gasteiger charge is -2.50. The Balaban J connectivity index is 1.22. The number of aliphatic hydroxyl groups excluding tert-OH is 2. The minimum Gasteiger partial charge on any atom is -0.508 e. The average molecular weight is 633 g/mol. The molecule has 0 amide bonds. The van der Waals surface area contributed by atoms with Gasteiger partial charge in [0, 0.05) is 16.4 Å². The Morgan fingerprint density at radius 1 is 0.946 bits per heavy atom. The van der Waals surface area contributed by atoms with Crippen LogP contribution in [0.1, 0.15) is 56.1 Å². The van der Waals surface area contributed by atoms with E-state index >= 15 is 0 Å². The van der Waals surface area contributed by atoms with Gasteiger partial charge in [-0.15, -0.1) is 0 Å². The second kappa shape index (κ2) is 13.7. The summed E-state index contributed by atoms with van der Waals surface area (Å²) >= 11 is 2.28. The molecular formula is C29H45IO7. The Morgan fingerprint density at radius 3 is 2.24 bits per heavy atom. The maximum absolute atomic E-state index is 11.6.